The molecule has 0 spiro atoms. The highest BCUT2D eigenvalue weighted by Crippen LogP contribution is 2.46. The number of hydrogen-bond donors (Lipinski definition) is 1. The molecule has 1 saturated heterocycles. The Labute approximate surface area is 219 Å². The van der Waals surface area contributed by atoms with Crippen molar-refractivity contribution in [2.45, 2.75) is 101 Å². The van der Waals surface area contributed by atoms with Crippen molar-refractivity contribution >= 4 is 17.7 Å². The molecule has 0 amide bonds. The maximum atomic E-state index is 12.4. The number of esters is 1. The Morgan fingerprint density at radius 1 is 1.22 bits per heavy atom. The van der Waals surface area contributed by atoms with Gasteiger partial charge in [-0.2, -0.15) is 0 Å². The Bertz CT molecular complexity index is 976. The number of aryl methyl sites for hydroxylation is 1. The Balaban J connectivity index is 1.17. The minimum Gasteiger partial charge on any atom is -0.493 e. The number of thioether (sulfide) groups is 1. The zero-order chi connectivity index (χ0) is 25.4. The Hall–Kier alpha value is -1.70. The molecular formula is C29H41NO5S. The fourth-order valence-corrected chi connectivity index (χ4v) is 7.53. The van der Waals surface area contributed by atoms with E-state index >= 15 is 0 Å². The van der Waals surface area contributed by atoms with Crippen LogP contribution in [0.5, 0.6) is 5.75 Å². The van der Waals surface area contributed by atoms with E-state index in [1.807, 2.05) is 31.2 Å². The van der Waals surface area contributed by atoms with Crippen LogP contribution in [0.15, 0.2) is 29.3 Å². The van der Waals surface area contributed by atoms with Crippen LogP contribution in [0.1, 0.15) is 76.3 Å². The highest BCUT2D eigenvalue weighted by Gasteiger charge is 2.49. The van der Waals surface area contributed by atoms with Gasteiger partial charge >= 0.3 is 5.97 Å². The molecule has 2 aliphatic heterocycles. The third-order valence-electron chi connectivity index (χ3n) is 8.57. The zero-order valence-corrected chi connectivity index (χ0v) is 22.8. The van der Waals surface area contributed by atoms with Crippen LogP contribution >= 0.6 is 11.8 Å². The van der Waals surface area contributed by atoms with Crippen LogP contribution < -0.4 is 4.74 Å². The summed E-state index contributed by atoms with van der Waals surface area (Å²) >= 11 is 1.63. The number of ether oxygens (including phenoxy) is 3. The van der Waals surface area contributed by atoms with Gasteiger partial charge in [0.2, 0.25) is 0 Å². The molecule has 6 atom stereocenters. The lowest BCUT2D eigenvalue weighted by Gasteiger charge is -2.39. The quantitative estimate of drug-likeness (QED) is 0.475. The fraction of sp³-hybridized carbons (Fsp3) is 0.690. The molecule has 5 rings (SSSR count). The lowest BCUT2D eigenvalue weighted by Crippen LogP contribution is -2.45. The predicted octanol–water partition coefficient (Wildman–Crippen LogP) is 5.24. The number of likely N-dealkylation sites (N-methyl/N-ethyl adjacent to an activating group) is 1. The average Bonchev–Trinajstić information content (AvgIpc) is 3.34. The van der Waals surface area contributed by atoms with E-state index in [0.717, 1.165) is 25.0 Å². The molecule has 1 N–H and O–H groups in total. The maximum Gasteiger partial charge on any atom is 0.355 e. The molecule has 2 aliphatic carbocycles. The molecule has 198 valence electrons. The van der Waals surface area contributed by atoms with Gasteiger partial charge in [0.05, 0.1) is 31.0 Å². The van der Waals surface area contributed by atoms with Crippen molar-refractivity contribution in [2.24, 2.45) is 11.8 Å². The Morgan fingerprint density at radius 2 is 2.03 bits per heavy atom. The first kappa shape index (κ1) is 25.9. The van der Waals surface area contributed by atoms with Gasteiger partial charge in [-0.25, -0.2) is 4.79 Å². The van der Waals surface area contributed by atoms with Crippen molar-refractivity contribution in [3.8, 4) is 5.75 Å². The second kappa shape index (κ2) is 11.0. The molecule has 2 saturated carbocycles. The molecule has 2 heterocycles. The highest BCUT2D eigenvalue weighted by molar-refractivity contribution is 8.03. The van der Waals surface area contributed by atoms with Crippen LogP contribution in [0.3, 0.4) is 0 Å². The number of nitrogens with zero attached hydrogens (tertiary/aromatic N) is 1. The van der Waals surface area contributed by atoms with Crippen molar-refractivity contribution in [1.29, 1.82) is 0 Å². The van der Waals surface area contributed by atoms with E-state index in [4.69, 9.17) is 14.2 Å². The van der Waals surface area contributed by atoms with Gasteiger partial charge in [-0.05, 0) is 81.0 Å². The van der Waals surface area contributed by atoms with E-state index in [1.165, 1.54) is 30.4 Å². The monoisotopic (exact) mass is 515 g/mol. The SMILES string of the molecule is CCc1ccc(OC[C@@H]2[C@H]3CC[C@H](C4SC=C(C(=O)OC(C)C)N4C)O[C@H]3C[C@@H]2O)cc1C1CCC1. The van der Waals surface area contributed by atoms with E-state index in [2.05, 4.69) is 25.1 Å². The average molecular weight is 516 g/mol. The van der Waals surface area contributed by atoms with Crippen LogP contribution in [0.4, 0.5) is 0 Å². The van der Waals surface area contributed by atoms with Gasteiger partial charge < -0.3 is 24.2 Å². The number of carbonyl (C=O) groups is 1. The molecule has 0 aromatic heterocycles. The fourth-order valence-electron chi connectivity index (χ4n) is 6.32. The van der Waals surface area contributed by atoms with Crippen molar-refractivity contribution < 1.29 is 24.1 Å². The largest absolute Gasteiger partial charge is 0.493 e. The smallest absolute Gasteiger partial charge is 0.355 e. The first-order valence-corrected chi connectivity index (χ1v) is 14.7. The molecule has 36 heavy (non-hydrogen) atoms. The summed E-state index contributed by atoms with van der Waals surface area (Å²) in [5.74, 6) is 1.71. The standard InChI is InChI=1S/C29H41NO5S/c1-5-18-9-10-20(13-22(18)19-7-6-8-19)33-15-23-21-11-12-26(35-27(21)14-25(23)31)28-30(4)24(16-36-28)29(32)34-17(2)3/h9-10,13,16-17,19,21,23,25-28,31H,5-8,11-12,14-15H2,1-4H3/t21-,23-,25+,26-,27+,28?/m1/s1. The van der Waals surface area contributed by atoms with Gasteiger partial charge in [0, 0.05) is 24.8 Å². The van der Waals surface area contributed by atoms with E-state index in [0.29, 0.717) is 30.6 Å². The highest BCUT2D eigenvalue weighted by atomic mass is 32.2. The minimum atomic E-state index is -0.413. The number of carbonyl (C=O) groups excluding carboxylic acids is 1. The molecule has 6 nitrogen and oxygen atoms in total. The number of aliphatic hydroxyl groups excluding tert-OH is 1. The summed E-state index contributed by atoms with van der Waals surface area (Å²) in [6.45, 7) is 6.47. The third kappa shape index (κ3) is 5.16. The summed E-state index contributed by atoms with van der Waals surface area (Å²) in [4.78, 5) is 14.4. The first-order valence-electron chi connectivity index (χ1n) is 13.7. The zero-order valence-electron chi connectivity index (χ0n) is 22.0. The molecule has 4 aliphatic rings. The molecule has 7 heteroatoms. The predicted molar refractivity (Wildman–Crippen MR) is 142 cm³/mol. The number of fused-ring (bicyclic) bond motifs is 1. The van der Waals surface area contributed by atoms with E-state index in [-0.39, 0.29) is 35.6 Å². The molecule has 0 bridgehead atoms. The van der Waals surface area contributed by atoms with Crippen molar-refractivity contribution in [3.05, 3.63) is 40.4 Å². The number of benzene rings is 1. The summed E-state index contributed by atoms with van der Waals surface area (Å²) in [6.07, 6.45) is 6.98. The van der Waals surface area contributed by atoms with Crippen LogP contribution in [0, 0.1) is 11.8 Å². The molecule has 0 radical (unpaired) electrons. The minimum absolute atomic E-state index is 0.0142. The van der Waals surface area contributed by atoms with E-state index in [9.17, 15) is 9.90 Å². The Kier molecular flexibility index (Phi) is 7.89. The van der Waals surface area contributed by atoms with Crippen LogP contribution in [0.25, 0.3) is 0 Å². The summed E-state index contributed by atoms with van der Waals surface area (Å²) < 4.78 is 18.3. The van der Waals surface area contributed by atoms with Gasteiger partial charge in [0.25, 0.3) is 0 Å². The normalized spacial score (nSPS) is 32.3. The second-order valence-electron chi connectivity index (χ2n) is 11.2. The first-order chi connectivity index (χ1) is 17.4. The van der Waals surface area contributed by atoms with Gasteiger partial charge in [-0.3, -0.25) is 0 Å². The number of rotatable bonds is 8. The van der Waals surface area contributed by atoms with Gasteiger partial charge in [0.1, 0.15) is 16.8 Å². The summed E-state index contributed by atoms with van der Waals surface area (Å²) in [5.41, 5.74) is 3.49. The number of hydrogen-bond acceptors (Lipinski definition) is 7. The van der Waals surface area contributed by atoms with E-state index < -0.39 is 6.10 Å². The van der Waals surface area contributed by atoms with Gasteiger partial charge in [-0.1, -0.05) is 19.4 Å². The lowest BCUT2D eigenvalue weighted by atomic mass is 9.78. The molecular weight excluding hydrogens is 474 g/mol. The molecule has 3 fully saturated rings. The molecule has 1 aromatic carbocycles. The van der Waals surface area contributed by atoms with Crippen molar-refractivity contribution in [3.63, 3.8) is 0 Å². The van der Waals surface area contributed by atoms with E-state index in [1.54, 1.807) is 11.8 Å². The topological polar surface area (TPSA) is 68.2 Å². The van der Waals surface area contributed by atoms with Crippen LogP contribution in [-0.2, 0) is 20.7 Å². The maximum absolute atomic E-state index is 12.4. The van der Waals surface area contributed by atoms with Gasteiger partial charge in [0.15, 0.2) is 0 Å². The van der Waals surface area contributed by atoms with Crippen molar-refractivity contribution in [1.82, 2.24) is 4.90 Å². The Morgan fingerprint density at radius 3 is 2.72 bits per heavy atom. The molecule has 1 unspecified atom stereocenters. The number of aliphatic hydroxyl groups is 1. The molecule has 1 aromatic rings. The summed E-state index contributed by atoms with van der Waals surface area (Å²) in [5, 5.41) is 12.9. The summed E-state index contributed by atoms with van der Waals surface area (Å²) in [6, 6.07) is 6.56. The van der Waals surface area contributed by atoms with Crippen molar-refractivity contribution in [2.75, 3.05) is 13.7 Å². The second-order valence-corrected chi connectivity index (χ2v) is 12.2. The lowest BCUT2D eigenvalue weighted by molar-refractivity contribution is -0.145. The van der Waals surface area contributed by atoms with Crippen LogP contribution in [-0.4, -0.2) is 59.4 Å². The third-order valence-corrected chi connectivity index (χ3v) is 9.82. The summed E-state index contributed by atoms with van der Waals surface area (Å²) in [7, 11) is 1.94. The van der Waals surface area contributed by atoms with Gasteiger partial charge in [-0.15, -0.1) is 11.8 Å². The van der Waals surface area contributed by atoms with Crippen LogP contribution in [0.2, 0.25) is 0 Å².